The smallest absolute Gasteiger partial charge is 0.226 e. The molecular weight excluding hydrogens is 403 g/mol. The first-order chi connectivity index (χ1) is 10.2. The first-order valence-corrected chi connectivity index (χ1v) is 7.80. The summed E-state index contributed by atoms with van der Waals surface area (Å²) in [6, 6.07) is 5.79. The lowest BCUT2D eigenvalue weighted by molar-refractivity contribution is 1.10. The molecule has 0 aliphatic rings. The molecular formula is C13H12ClIN6. The molecule has 0 spiro atoms. The number of anilines is 3. The molecule has 0 aliphatic carbocycles. The van der Waals surface area contributed by atoms with Gasteiger partial charge in [-0.1, -0.05) is 11.6 Å². The molecule has 0 saturated heterocycles. The van der Waals surface area contributed by atoms with Gasteiger partial charge in [-0.05, 0) is 47.7 Å². The summed E-state index contributed by atoms with van der Waals surface area (Å²) in [5, 5.41) is 6.96. The molecule has 6 nitrogen and oxygen atoms in total. The first-order valence-electron chi connectivity index (χ1n) is 6.34. The van der Waals surface area contributed by atoms with Crippen LogP contribution in [0, 0.1) is 3.57 Å². The minimum Gasteiger partial charge on any atom is -0.354 e. The molecule has 0 bridgehead atoms. The Morgan fingerprint density at radius 3 is 2.95 bits per heavy atom. The Kier molecular flexibility index (Phi) is 4.11. The van der Waals surface area contributed by atoms with Crippen molar-refractivity contribution in [3.63, 3.8) is 0 Å². The highest BCUT2D eigenvalue weighted by Gasteiger charge is 2.11. The van der Waals surface area contributed by atoms with Gasteiger partial charge in [0.25, 0.3) is 0 Å². The fourth-order valence-electron chi connectivity index (χ4n) is 1.88. The zero-order valence-corrected chi connectivity index (χ0v) is 14.0. The molecule has 0 saturated carbocycles. The average Bonchev–Trinajstić information content (AvgIpc) is 2.91. The van der Waals surface area contributed by atoms with Crippen LogP contribution in [0.15, 0.2) is 24.5 Å². The fraction of sp³-hybridized carbons (Fsp3) is 0.154. The standard InChI is InChI=1S/C13H12ClIN6/c1-2-16-13-20-11-10(17-6-18-11)12(21-13)19-9-4-3-7(15)5-8(9)14/h3-6H,2H2,1H3,(H3,16,17,18,19,20,21). The normalized spacial score (nSPS) is 10.8. The maximum atomic E-state index is 6.25. The predicted octanol–water partition coefficient (Wildman–Crippen LogP) is 3.79. The Hall–Kier alpha value is -1.61. The molecule has 2 heterocycles. The summed E-state index contributed by atoms with van der Waals surface area (Å²) in [5.41, 5.74) is 2.13. The Balaban J connectivity index is 2.04. The van der Waals surface area contributed by atoms with Gasteiger partial charge >= 0.3 is 0 Å². The lowest BCUT2D eigenvalue weighted by Gasteiger charge is -2.10. The van der Waals surface area contributed by atoms with Crippen LogP contribution < -0.4 is 10.6 Å². The highest BCUT2D eigenvalue weighted by atomic mass is 127. The van der Waals surface area contributed by atoms with Crippen molar-refractivity contribution in [1.29, 1.82) is 0 Å². The van der Waals surface area contributed by atoms with Crippen LogP contribution >= 0.6 is 34.2 Å². The van der Waals surface area contributed by atoms with Crippen molar-refractivity contribution >= 4 is 62.8 Å². The van der Waals surface area contributed by atoms with Gasteiger partial charge in [-0.3, -0.25) is 0 Å². The zero-order chi connectivity index (χ0) is 14.8. The number of aromatic nitrogens is 4. The van der Waals surface area contributed by atoms with Gasteiger partial charge in [0, 0.05) is 10.1 Å². The molecule has 0 amide bonds. The summed E-state index contributed by atoms with van der Waals surface area (Å²) in [7, 11) is 0. The van der Waals surface area contributed by atoms with Crippen molar-refractivity contribution in [2.45, 2.75) is 6.92 Å². The van der Waals surface area contributed by atoms with Gasteiger partial charge in [0.2, 0.25) is 5.95 Å². The van der Waals surface area contributed by atoms with Crippen LogP contribution in [0.3, 0.4) is 0 Å². The molecule has 8 heteroatoms. The van der Waals surface area contributed by atoms with Crippen LogP contribution in [-0.2, 0) is 0 Å². The third-order valence-corrected chi connectivity index (χ3v) is 3.79. The Labute approximate surface area is 139 Å². The van der Waals surface area contributed by atoms with E-state index < -0.39 is 0 Å². The van der Waals surface area contributed by atoms with E-state index in [1.54, 1.807) is 6.33 Å². The van der Waals surface area contributed by atoms with Crippen LogP contribution in [0.25, 0.3) is 11.2 Å². The number of rotatable bonds is 4. The van der Waals surface area contributed by atoms with Crippen LogP contribution in [0.5, 0.6) is 0 Å². The maximum absolute atomic E-state index is 6.25. The van der Waals surface area contributed by atoms with Crippen molar-refractivity contribution in [3.05, 3.63) is 33.1 Å². The fourth-order valence-corrected chi connectivity index (χ4v) is 2.78. The molecule has 0 unspecified atom stereocenters. The van der Waals surface area contributed by atoms with E-state index in [4.69, 9.17) is 11.6 Å². The number of aromatic amines is 1. The van der Waals surface area contributed by atoms with E-state index >= 15 is 0 Å². The van der Waals surface area contributed by atoms with Gasteiger partial charge in [0.1, 0.15) is 5.52 Å². The van der Waals surface area contributed by atoms with Crippen molar-refractivity contribution in [3.8, 4) is 0 Å². The van der Waals surface area contributed by atoms with Crippen molar-refractivity contribution < 1.29 is 0 Å². The minimum atomic E-state index is 0.529. The summed E-state index contributed by atoms with van der Waals surface area (Å²) < 4.78 is 1.07. The highest BCUT2D eigenvalue weighted by Crippen LogP contribution is 2.29. The second kappa shape index (κ2) is 6.02. The van der Waals surface area contributed by atoms with Crippen LogP contribution in [0.1, 0.15) is 6.92 Å². The average molecular weight is 415 g/mol. The van der Waals surface area contributed by atoms with Gasteiger partial charge < -0.3 is 15.6 Å². The Bertz CT molecular complexity index is 787. The summed E-state index contributed by atoms with van der Waals surface area (Å²) in [6.45, 7) is 2.72. The van der Waals surface area contributed by atoms with Crippen LogP contribution in [0.4, 0.5) is 17.5 Å². The topological polar surface area (TPSA) is 78.5 Å². The van der Waals surface area contributed by atoms with E-state index in [0.717, 1.165) is 21.3 Å². The number of benzene rings is 1. The molecule has 0 atom stereocenters. The zero-order valence-electron chi connectivity index (χ0n) is 11.1. The number of H-pyrrole nitrogens is 1. The molecule has 21 heavy (non-hydrogen) atoms. The van der Waals surface area contributed by atoms with Crippen LogP contribution in [-0.4, -0.2) is 26.5 Å². The number of nitrogens with one attached hydrogen (secondary N) is 3. The van der Waals surface area contributed by atoms with Gasteiger partial charge in [0.05, 0.1) is 17.0 Å². The third kappa shape index (κ3) is 3.03. The molecule has 3 aromatic rings. The molecule has 2 aromatic heterocycles. The Morgan fingerprint density at radius 1 is 1.33 bits per heavy atom. The van der Waals surface area contributed by atoms with E-state index in [-0.39, 0.29) is 0 Å². The van der Waals surface area contributed by atoms with Gasteiger partial charge in [-0.15, -0.1) is 0 Å². The summed E-state index contributed by atoms with van der Waals surface area (Å²) >= 11 is 8.47. The molecule has 0 aliphatic heterocycles. The van der Waals surface area contributed by atoms with Crippen molar-refractivity contribution in [1.82, 2.24) is 19.9 Å². The number of imidazole rings is 1. The number of nitrogens with zero attached hydrogens (tertiary/aromatic N) is 3. The number of hydrogen-bond acceptors (Lipinski definition) is 5. The lowest BCUT2D eigenvalue weighted by atomic mass is 10.3. The van der Waals surface area contributed by atoms with Gasteiger partial charge in [-0.25, -0.2) is 4.98 Å². The number of fused-ring (bicyclic) bond motifs is 1. The lowest BCUT2D eigenvalue weighted by Crippen LogP contribution is -2.05. The summed E-state index contributed by atoms with van der Waals surface area (Å²) in [5.74, 6) is 1.16. The maximum Gasteiger partial charge on any atom is 0.226 e. The quantitative estimate of drug-likeness (QED) is 0.566. The van der Waals surface area contributed by atoms with E-state index in [1.165, 1.54) is 0 Å². The van der Waals surface area contributed by atoms with Crippen molar-refractivity contribution in [2.24, 2.45) is 0 Å². The Morgan fingerprint density at radius 2 is 2.19 bits per heavy atom. The minimum absolute atomic E-state index is 0.529. The third-order valence-electron chi connectivity index (χ3n) is 2.80. The largest absolute Gasteiger partial charge is 0.354 e. The monoisotopic (exact) mass is 414 g/mol. The SMILES string of the molecule is CCNc1nc(Nc2ccc(I)cc2Cl)c2[nH]cnc2n1. The van der Waals surface area contributed by atoms with E-state index in [9.17, 15) is 0 Å². The van der Waals surface area contributed by atoms with Crippen LogP contribution in [0.2, 0.25) is 5.02 Å². The first kappa shape index (κ1) is 14.3. The predicted molar refractivity (Wildman–Crippen MR) is 93.3 cm³/mol. The van der Waals surface area contributed by atoms with E-state index in [0.29, 0.717) is 22.4 Å². The molecule has 108 valence electrons. The van der Waals surface area contributed by atoms with E-state index in [1.807, 2.05) is 25.1 Å². The summed E-state index contributed by atoms with van der Waals surface area (Å²) in [6.07, 6.45) is 1.59. The molecule has 0 radical (unpaired) electrons. The second-order valence-electron chi connectivity index (χ2n) is 4.28. The van der Waals surface area contributed by atoms with E-state index in [2.05, 4.69) is 53.2 Å². The number of hydrogen-bond donors (Lipinski definition) is 3. The molecule has 0 fully saturated rings. The highest BCUT2D eigenvalue weighted by molar-refractivity contribution is 14.1. The molecule has 1 aromatic carbocycles. The molecule has 3 rings (SSSR count). The van der Waals surface area contributed by atoms with Gasteiger partial charge in [-0.2, -0.15) is 9.97 Å². The number of halogens is 2. The molecule has 3 N–H and O–H groups in total. The summed E-state index contributed by atoms with van der Waals surface area (Å²) in [4.78, 5) is 16.0. The second-order valence-corrected chi connectivity index (χ2v) is 5.93. The van der Waals surface area contributed by atoms with Crippen molar-refractivity contribution in [2.75, 3.05) is 17.2 Å². The van der Waals surface area contributed by atoms with Gasteiger partial charge in [0.15, 0.2) is 11.5 Å².